The van der Waals surface area contributed by atoms with Gasteiger partial charge in [0, 0.05) is 24.2 Å². The molecule has 0 bridgehead atoms. The van der Waals surface area contributed by atoms with Crippen molar-refractivity contribution < 1.29 is 19.3 Å². The molecule has 20 heavy (non-hydrogen) atoms. The zero-order valence-electron chi connectivity index (χ0n) is 11.9. The van der Waals surface area contributed by atoms with Gasteiger partial charge in [0.15, 0.2) is 11.5 Å². The molecular formula is C14H20BrNO4. The Labute approximate surface area is 127 Å². The Morgan fingerprint density at radius 2 is 2.00 bits per heavy atom. The maximum Gasteiger partial charge on any atom is 0.231 e. The Morgan fingerprint density at radius 1 is 1.35 bits per heavy atom. The number of hydrogen-bond acceptors (Lipinski definition) is 5. The first-order valence-electron chi connectivity index (χ1n) is 6.50. The first-order valence-corrected chi connectivity index (χ1v) is 7.29. The van der Waals surface area contributed by atoms with Crippen molar-refractivity contribution in [1.29, 1.82) is 0 Å². The summed E-state index contributed by atoms with van der Waals surface area (Å²) in [4.78, 5) is 0. The minimum atomic E-state index is -0.577. The Balaban J connectivity index is 1.88. The largest absolute Gasteiger partial charge is 0.490 e. The second-order valence-corrected chi connectivity index (χ2v) is 6.59. The van der Waals surface area contributed by atoms with E-state index < -0.39 is 6.10 Å². The van der Waals surface area contributed by atoms with Crippen molar-refractivity contribution in [2.45, 2.75) is 32.4 Å². The molecule has 0 saturated heterocycles. The number of rotatable bonds is 5. The summed E-state index contributed by atoms with van der Waals surface area (Å²) in [5.41, 5.74) is -0.0275. The van der Waals surface area contributed by atoms with E-state index in [1.54, 1.807) is 12.1 Å². The Bertz CT molecular complexity index is 473. The molecule has 0 aliphatic carbocycles. The van der Waals surface area contributed by atoms with Gasteiger partial charge in [-0.15, -0.1) is 0 Å². The van der Waals surface area contributed by atoms with Gasteiger partial charge in [0.05, 0.1) is 4.47 Å². The Morgan fingerprint density at radius 3 is 2.65 bits per heavy atom. The molecule has 112 valence electrons. The molecule has 0 spiro atoms. The van der Waals surface area contributed by atoms with Crippen LogP contribution in [0.25, 0.3) is 0 Å². The van der Waals surface area contributed by atoms with E-state index in [2.05, 4.69) is 42.0 Å². The second kappa shape index (κ2) is 6.20. The average Bonchev–Trinajstić information content (AvgIpc) is 2.79. The van der Waals surface area contributed by atoms with Gasteiger partial charge >= 0.3 is 0 Å². The molecule has 0 radical (unpaired) electrons. The van der Waals surface area contributed by atoms with Crippen molar-refractivity contribution in [3.05, 3.63) is 16.6 Å². The number of benzene rings is 1. The van der Waals surface area contributed by atoms with Crippen LogP contribution in [0.15, 0.2) is 16.6 Å². The topological polar surface area (TPSA) is 60.0 Å². The number of halogens is 1. The normalized spacial score (nSPS) is 15.2. The van der Waals surface area contributed by atoms with Crippen LogP contribution in [-0.4, -0.2) is 36.7 Å². The van der Waals surface area contributed by atoms with Gasteiger partial charge < -0.3 is 24.6 Å². The molecule has 0 amide bonds. The number of hydrogen-bond donors (Lipinski definition) is 2. The predicted molar refractivity (Wildman–Crippen MR) is 79.5 cm³/mol. The molecule has 1 heterocycles. The number of β-amino-alcohol motifs (C(OH)–C–C–N with tert-alkyl or cyclic N) is 1. The summed E-state index contributed by atoms with van der Waals surface area (Å²) in [5.74, 6) is 1.98. The molecule has 1 unspecified atom stereocenters. The zero-order valence-corrected chi connectivity index (χ0v) is 13.5. The van der Waals surface area contributed by atoms with Gasteiger partial charge in [-0.3, -0.25) is 0 Å². The van der Waals surface area contributed by atoms with Gasteiger partial charge in [-0.25, -0.2) is 0 Å². The van der Waals surface area contributed by atoms with Crippen LogP contribution in [0.3, 0.4) is 0 Å². The van der Waals surface area contributed by atoms with Crippen LogP contribution in [0, 0.1) is 0 Å². The summed E-state index contributed by atoms with van der Waals surface area (Å²) < 4.78 is 17.0. The Kier molecular flexibility index (Phi) is 4.78. The van der Waals surface area contributed by atoms with Crippen LogP contribution >= 0.6 is 15.9 Å². The fourth-order valence-electron chi connectivity index (χ4n) is 1.68. The molecule has 5 nitrogen and oxygen atoms in total. The molecule has 2 N–H and O–H groups in total. The van der Waals surface area contributed by atoms with Crippen LogP contribution in [0.4, 0.5) is 0 Å². The van der Waals surface area contributed by atoms with E-state index >= 15 is 0 Å². The summed E-state index contributed by atoms with van der Waals surface area (Å²) in [7, 11) is 0. The molecule has 2 rings (SSSR count). The molecule has 1 atom stereocenters. The summed E-state index contributed by atoms with van der Waals surface area (Å²) in [6.07, 6.45) is -0.577. The van der Waals surface area contributed by atoms with E-state index in [-0.39, 0.29) is 18.9 Å². The number of ether oxygens (including phenoxy) is 3. The number of fused-ring (bicyclic) bond motifs is 1. The van der Waals surface area contributed by atoms with Crippen molar-refractivity contribution in [2.24, 2.45) is 0 Å². The minimum absolute atomic E-state index is 0.0275. The van der Waals surface area contributed by atoms with Gasteiger partial charge in [-0.1, -0.05) is 0 Å². The highest BCUT2D eigenvalue weighted by atomic mass is 79.9. The second-order valence-electron chi connectivity index (χ2n) is 5.73. The lowest BCUT2D eigenvalue weighted by Crippen LogP contribution is -2.42. The molecule has 0 saturated carbocycles. The molecule has 1 aromatic carbocycles. The van der Waals surface area contributed by atoms with Gasteiger partial charge in [0.1, 0.15) is 18.5 Å². The van der Waals surface area contributed by atoms with E-state index in [1.165, 1.54) is 0 Å². The number of aliphatic hydroxyl groups is 1. The van der Waals surface area contributed by atoms with Crippen molar-refractivity contribution in [1.82, 2.24) is 5.32 Å². The molecule has 1 aromatic rings. The van der Waals surface area contributed by atoms with Gasteiger partial charge in [0.2, 0.25) is 6.79 Å². The SMILES string of the molecule is CC(C)(C)NCC(O)COc1cc2c(cc1Br)OCO2. The smallest absolute Gasteiger partial charge is 0.231 e. The lowest BCUT2D eigenvalue weighted by molar-refractivity contribution is 0.0995. The molecule has 6 heteroatoms. The van der Waals surface area contributed by atoms with Crippen LogP contribution in [0.5, 0.6) is 17.2 Å². The van der Waals surface area contributed by atoms with E-state index in [4.69, 9.17) is 14.2 Å². The third-order valence-corrected chi connectivity index (χ3v) is 3.35. The molecule has 1 aliphatic heterocycles. The fraction of sp³-hybridized carbons (Fsp3) is 0.571. The maximum atomic E-state index is 9.90. The first-order chi connectivity index (χ1) is 9.35. The van der Waals surface area contributed by atoms with Crippen molar-refractivity contribution >= 4 is 15.9 Å². The van der Waals surface area contributed by atoms with Gasteiger partial charge in [0.25, 0.3) is 0 Å². The van der Waals surface area contributed by atoms with E-state index in [0.29, 0.717) is 23.8 Å². The van der Waals surface area contributed by atoms with Crippen LogP contribution < -0.4 is 19.5 Å². The van der Waals surface area contributed by atoms with Crippen molar-refractivity contribution in [3.63, 3.8) is 0 Å². The summed E-state index contributed by atoms with van der Waals surface area (Å²) in [5, 5.41) is 13.1. The van der Waals surface area contributed by atoms with Crippen LogP contribution in [0.1, 0.15) is 20.8 Å². The molecule has 0 aromatic heterocycles. The van der Waals surface area contributed by atoms with Gasteiger partial charge in [-0.05, 0) is 36.7 Å². The number of aliphatic hydroxyl groups excluding tert-OH is 1. The van der Waals surface area contributed by atoms with E-state index in [1.807, 2.05) is 0 Å². The fourth-order valence-corrected chi connectivity index (χ4v) is 2.11. The monoisotopic (exact) mass is 345 g/mol. The Hall–Kier alpha value is -0.980. The highest BCUT2D eigenvalue weighted by Gasteiger charge is 2.18. The highest BCUT2D eigenvalue weighted by Crippen LogP contribution is 2.40. The van der Waals surface area contributed by atoms with Crippen LogP contribution in [-0.2, 0) is 0 Å². The zero-order chi connectivity index (χ0) is 14.8. The summed E-state index contributed by atoms with van der Waals surface area (Å²) in [6.45, 7) is 7.06. The van der Waals surface area contributed by atoms with Crippen molar-refractivity contribution in [2.75, 3.05) is 19.9 Å². The average molecular weight is 346 g/mol. The van der Waals surface area contributed by atoms with E-state index in [0.717, 1.165) is 4.47 Å². The third kappa shape index (κ3) is 4.26. The minimum Gasteiger partial charge on any atom is -0.490 e. The van der Waals surface area contributed by atoms with Crippen LogP contribution in [0.2, 0.25) is 0 Å². The lowest BCUT2D eigenvalue weighted by Gasteiger charge is -2.23. The highest BCUT2D eigenvalue weighted by molar-refractivity contribution is 9.10. The predicted octanol–water partition coefficient (Wildman–Crippen LogP) is 2.31. The lowest BCUT2D eigenvalue weighted by atomic mass is 10.1. The molecule has 1 aliphatic rings. The molecule has 0 fully saturated rings. The van der Waals surface area contributed by atoms with E-state index in [9.17, 15) is 5.11 Å². The van der Waals surface area contributed by atoms with Gasteiger partial charge in [-0.2, -0.15) is 0 Å². The number of nitrogens with one attached hydrogen (secondary N) is 1. The molecular weight excluding hydrogens is 326 g/mol. The maximum absolute atomic E-state index is 9.90. The van der Waals surface area contributed by atoms with Crippen molar-refractivity contribution in [3.8, 4) is 17.2 Å². The third-order valence-electron chi connectivity index (χ3n) is 2.73. The first kappa shape index (κ1) is 15.4. The summed E-state index contributed by atoms with van der Waals surface area (Å²) >= 11 is 3.41. The quantitative estimate of drug-likeness (QED) is 0.857. The summed E-state index contributed by atoms with van der Waals surface area (Å²) in [6, 6.07) is 3.56. The standard InChI is InChI=1S/C14H20BrNO4/c1-14(2,3)16-6-9(17)7-18-11-5-13-12(4-10(11)15)19-8-20-13/h4-5,9,16-17H,6-8H2,1-3H3.